The molecule has 1 amide bonds. The van der Waals surface area contributed by atoms with Crippen molar-refractivity contribution in [3.05, 3.63) is 42.5 Å². The number of amides is 1. The summed E-state index contributed by atoms with van der Waals surface area (Å²) in [6, 6.07) is 6.13. The van der Waals surface area contributed by atoms with Crippen molar-refractivity contribution in [2.24, 2.45) is 0 Å². The Morgan fingerprint density at radius 2 is 2.25 bits per heavy atom. The van der Waals surface area contributed by atoms with Crippen molar-refractivity contribution < 1.29 is 9.53 Å². The van der Waals surface area contributed by atoms with Crippen LogP contribution >= 0.6 is 0 Å². The van der Waals surface area contributed by atoms with E-state index < -0.39 is 0 Å². The Balaban J connectivity index is 1.54. The first-order valence-corrected chi connectivity index (χ1v) is 8.07. The molecule has 7 heteroatoms. The van der Waals surface area contributed by atoms with Gasteiger partial charge in [0.25, 0.3) is 0 Å². The fourth-order valence-electron chi connectivity index (χ4n) is 3.71. The summed E-state index contributed by atoms with van der Waals surface area (Å²) in [4.78, 5) is 29.3. The summed E-state index contributed by atoms with van der Waals surface area (Å²) in [6.07, 6.45) is 6.55. The van der Waals surface area contributed by atoms with Crippen LogP contribution in [0.2, 0.25) is 0 Å². The van der Waals surface area contributed by atoms with Gasteiger partial charge in [0.1, 0.15) is 12.1 Å². The quantitative estimate of drug-likeness (QED) is 0.843. The van der Waals surface area contributed by atoms with Gasteiger partial charge < -0.3 is 14.5 Å². The topological polar surface area (TPSA) is 71.5 Å². The highest BCUT2D eigenvalue weighted by Gasteiger charge is 2.47. The molecule has 0 bridgehead atoms. The molecule has 4 heterocycles. The van der Waals surface area contributed by atoms with Crippen LogP contribution in [0.15, 0.2) is 36.9 Å². The molecule has 2 atom stereocenters. The average Bonchev–Trinajstić information content (AvgIpc) is 3.16. The maximum Gasteiger partial charge on any atom is 0.225 e. The second-order valence-corrected chi connectivity index (χ2v) is 6.12. The third-order valence-corrected chi connectivity index (χ3v) is 4.82. The number of carbonyl (C=O) groups excluding carboxylic acids is 1. The minimum Gasteiger partial charge on any atom is -0.481 e. The SMILES string of the molecule is COc1cc(N2CC[C@@H]3[C@@H]2CC(=O)N3Cc2cccnc2)ncn1. The van der Waals surface area contributed by atoms with E-state index in [-0.39, 0.29) is 18.0 Å². The Hall–Kier alpha value is -2.70. The molecule has 4 rings (SSSR count). The van der Waals surface area contributed by atoms with Gasteiger partial charge >= 0.3 is 0 Å². The highest BCUT2D eigenvalue weighted by Crippen LogP contribution is 2.36. The zero-order valence-corrected chi connectivity index (χ0v) is 13.5. The van der Waals surface area contributed by atoms with Gasteiger partial charge in [-0.2, -0.15) is 0 Å². The number of nitrogens with zero attached hydrogens (tertiary/aromatic N) is 5. The zero-order chi connectivity index (χ0) is 16.5. The lowest BCUT2D eigenvalue weighted by Gasteiger charge is -2.26. The van der Waals surface area contributed by atoms with Gasteiger partial charge in [0, 0.05) is 38.0 Å². The van der Waals surface area contributed by atoms with E-state index in [1.54, 1.807) is 13.3 Å². The first kappa shape index (κ1) is 14.9. The number of aromatic nitrogens is 3. The molecule has 2 saturated heterocycles. The molecular weight excluding hydrogens is 306 g/mol. The van der Waals surface area contributed by atoms with Crippen LogP contribution in [0.3, 0.4) is 0 Å². The van der Waals surface area contributed by atoms with Crippen molar-refractivity contribution in [1.82, 2.24) is 19.9 Å². The number of likely N-dealkylation sites (tertiary alicyclic amines) is 1. The molecular formula is C17H19N5O2. The predicted molar refractivity (Wildman–Crippen MR) is 87.5 cm³/mol. The summed E-state index contributed by atoms with van der Waals surface area (Å²) in [7, 11) is 1.59. The summed E-state index contributed by atoms with van der Waals surface area (Å²) in [5, 5.41) is 0. The number of methoxy groups -OCH3 is 1. The monoisotopic (exact) mass is 325 g/mol. The van der Waals surface area contributed by atoms with Gasteiger partial charge in [-0.15, -0.1) is 0 Å². The van der Waals surface area contributed by atoms with E-state index in [2.05, 4.69) is 19.9 Å². The van der Waals surface area contributed by atoms with E-state index in [1.807, 2.05) is 29.3 Å². The Labute approximate surface area is 140 Å². The molecule has 24 heavy (non-hydrogen) atoms. The van der Waals surface area contributed by atoms with Gasteiger partial charge in [0.05, 0.1) is 19.2 Å². The summed E-state index contributed by atoms with van der Waals surface area (Å²) >= 11 is 0. The first-order chi connectivity index (χ1) is 11.8. The Morgan fingerprint density at radius 1 is 1.33 bits per heavy atom. The molecule has 2 aliphatic rings. The fraction of sp³-hybridized carbons (Fsp3) is 0.412. The van der Waals surface area contributed by atoms with Crippen LogP contribution in [-0.2, 0) is 11.3 Å². The maximum absolute atomic E-state index is 12.5. The fourth-order valence-corrected chi connectivity index (χ4v) is 3.71. The standard InChI is InChI=1S/C17H19N5O2/c1-24-16-8-15(19-11-20-16)21-6-4-13-14(21)7-17(23)22(13)10-12-3-2-5-18-9-12/h2-3,5,8-9,11,13-14H,4,6-7,10H2,1H3/t13-,14+/m1/s1. The van der Waals surface area contributed by atoms with Crippen LogP contribution in [0.25, 0.3) is 0 Å². The van der Waals surface area contributed by atoms with Gasteiger partial charge in [-0.25, -0.2) is 9.97 Å². The Bertz CT molecular complexity index is 739. The second-order valence-electron chi connectivity index (χ2n) is 6.12. The third kappa shape index (κ3) is 2.55. The zero-order valence-electron chi connectivity index (χ0n) is 13.5. The highest BCUT2D eigenvalue weighted by atomic mass is 16.5. The second kappa shape index (κ2) is 6.07. The number of rotatable bonds is 4. The van der Waals surface area contributed by atoms with Gasteiger partial charge in [-0.1, -0.05) is 6.07 Å². The maximum atomic E-state index is 12.5. The van der Waals surface area contributed by atoms with Crippen LogP contribution in [0.4, 0.5) is 5.82 Å². The van der Waals surface area contributed by atoms with E-state index in [0.717, 1.165) is 24.3 Å². The number of hydrogen-bond donors (Lipinski definition) is 0. The summed E-state index contributed by atoms with van der Waals surface area (Å²) in [6.45, 7) is 1.50. The van der Waals surface area contributed by atoms with Crippen molar-refractivity contribution in [2.45, 2.75) is 31.5 Å². The van der Waals surface area contributed by atoms with E-state index >= 15 is 0 Å². The molecule has 0 spiro atoms. The van der Waals surface area contributed by atoms with Gasteiger partial charge in [-0.05, 0) is 18.1 Å². The van der Waals surface area contributed by atoms with Crippen molar-refractivity contribution in [3.63, 3.8) is 0 Å². The summed E-state index contributed by atoms with van der Waals surface area (Å²) < 4.78 is 5.18. The van der Waals surface area contributed by atoms with Crippen molar-refractivity contribution in [1.29, 1.82) is 0 Å². The molecule has 0 saturated carbocycles. The van der Waals surface area contributed by atoms with Crippen LogP contribution in [-0.4, -0.2) is 51.5 Å². The number of ether oxygens (including phenoxy) is 1. The van der Waals surface area contributed by atoms with Crippen molar-refractivity contribution in [2.75, 3.05) is 18.6 Å². The molecule has 2 aliphatic heterocycles. The molecule has 0 N–H and O–H groups in total. The number of hydrogen-bond acceptors (Lipinski definition) is 6. The van der Waals surface area contributed by atoms with Gasteiger partial charge in [0.2, 0.25) is 11.8 Å². The number of anilines is 1. The Morgan fingerprint density at radius 3 is 3.04 bits per heavy atom. The van der Waals surface area contributed by atoms with Gasteiger partial charge in [0.15, 0.2) is 0 Å². The minimum atomic E-state index is 0.161. The smallest absolute Gasteiger partial charge is 0.225 e. The van der Waals surface area contributed by atoms with Gasteiger partial charge in [-0.3, -0.25) is 9.78 Å². The van der Waals surface area contributed by atoms with E-state index in [9.17, 15) is 4.79 Å². The van der Waals surface area contributed by atoms with Crippen LogP contribution in [0.5, 0.6) is 5.88 Å². The summed E-state index contributed by atoms with van der Waals surface area (Å²) in [5.41, 5.74) is 1.06. The Kier molecular flexibility index (Phi) is 3.76. The predicted octanol–water partition coefficient (Wildman–Crippen LogP) is 1.26. The molecule has 124 valence electrons. The molecule has 7 nitrogen and oxygen atoms in total. The lowest BCUT2D eigenvalue weighted by atomic mass is 10.1. The van der Waals surface area contributed by atoms with Crippen molar-refractivity contribution >= 4 is 11.7 Å². The van der Waals surface area contributed by atoms with E-state index in [4.69, 9.17) is 4.74 Å². The highest BCUT2D eigenvalue weighted by molar-refractivity contribution is 5.81. The number of fused-ring (bicyclic) bond motifs is 1. The van der Waals surface area contributed by atoms with Crippen LogP contribution in [0, 0.1) is 0 Å². The van der Waals surface area contributed by atoms with Crippen LogP contribution in [0.1, 0.15) is 18.4 Å². The number of pyridine rings is 1. The molecule has 2 fully saturated rings. The molecule has 0 radical (unpaired) electrons. The first-order valence-electron chi connectivity index (χ1n) is 8.07. The average molecular weight is 325 g/mol. The minimum absolute atomic E-state index is 0.161. The van der Waals surface area contributed by atoms with Crippen molar-refractivity contribution in [3.8, 4) is 5.88 Å². The molecule has 2 aromatic heterocycles. The lowest BCUT2D eigenvalue weighted by Crippen LogP contribution is -2.37. The normalized spacial score (nSPS) is 22.8. The largest absolute Gasteiger partial charge is 0.481 e. The van der Waals surface area contributed by atoms with E-state index in [0.29, 0.717) is 18.8 Å². The molecule has 0 unspecified atom stereocenters. The molecule has 0 aliphatic carbocycles. The van der Waals surface area contributed by atoms with Crippen LogP contribution < -0.4 is 9.64 Å². The summed E-state index contributed by atoms with van der Waals surface area (Å²) in [5.74, 6) is 1.56. The molecule has 0 aromatic carbocycles. The van der Waals surface area contributed by atoms with E-state index in [1.165, 1.54) is 6.33 Å². The third-order valence-electron chi connectivity index (χ3n) is 4.82. The number of carbonyl (C=O) groups is 1. The molecule has 2 aromatic rings. The lowest BCUT2D eigenvalue weighted by molar-refractivity contribution is -0.129.